The number of aliphatic imine (C=N–C) groups is 1. The van der Waals surface area contributed by atoms with E-state index in [0.717, 1.165) is 31.5 Å². The average molecular weight is 369 g/mol. The van der Waals surface area contributed by atoms with Crippen molar-refractivity contribution in [1.29, 1.82) is 0 Å². The first kappa shape index (κ1) is 19.4. The lowest BCUT2D eigenvalue weighted by atomic mass is 9.94. The van der Waals surface area contributed by atoms with Crippen LogP contribution < -0.4 is 10.6 Å². The number of nitrogens with one attached hydrogen (secondary N) is 2. The maximum Gasteiger partial charge on any atom is 0.191 e. The van der Waals surface area contributed by atoms with E-state index in [9.17, 15) is 0 Å². The third-order valence-electron chi connectivity index (χ3n) is 5.36. The number of hydrogen-bond acceptors (Lipinski definition) is 3. The van der Waals surface area contributed by atoms with Gasteiger partial charge in [0.1, 0.15) is 0 Å². The van der Waals surface area contributed by atoms with Gasteiger partial charge in [-0.2, -0.15) is 5.10 Å². The lowest BCUT2D eigenvalue weighted by molar-refractivity contribution is 0.213. The van der Waals surface area contributed by atoms with Crippen LogP contribution in [0.5, 0.6) is 0 Å². The molecule has 0 unspecified atom stereocenters. The molecule has 2 aromatic rings. The fourth-order valence-corrected chi connectivity index (χ4v) is 3.60. The van der Waals surface area contributed by atoms with Crippen LogP contribution in [0.1, 0.15) is 30.4 Å². The van der Waals surface area contributed by atoms with Gasteiger partial charge in [-0.1, -0.05) is 24.3 Å². The Balaban J connectivity index is 1.45. The predicted octanol–water partition coefficient (Wildman–Crippen LogP) is 2.33. The quantitative estimate of drug-likeness (QED) is 0.582. The van der Waals surface area contributed by atoms with Crippen molar-refractivity contribution in [2.24, 2.45) is 10.9 Å². The van der Waals surface area contributed by atoms with E-state index in [4.69, 9.17) is 0 Å². The number of guanidine groups is 1. The Kier molecular flexibility index (Phi) is 7.27. The Labute approximate surface area is 162 Å². The average Bonchev–Trinajstić information content (AvgIpc) is 3.20. The maximum atomic E-state index is 4.37. The van der Waals surface area contributed by atoms with E-state index in [1.807, 2.05) is 30.2 Å². The summed E-state index contributed by atoms with van der Waals surface area (Å²) >= 11 is 0. The molecular weight excluding hydrogens is 336 g/mol. The summed E-state index contributed by atoms with van der Waals surface area (Å²) in [5.41, 5.74) is 2.54. The molecule has 3 rings (SSSR count). The second kappa shape index (κ2) is 10.1. The first-order chi connectivity index (χ1) is 13.2. The minimum absolute atomic E-state index is 0.755. The van der Waals surface area contributed by atoms with Gasteiger partial charge in [-0.3, -0.25) is 9.67 Å². The molecule has 0 radical (unpaired) electrons. The second-order valence-corrected chi connectivity index (χ2v) is 7.36. The Morgan fingerprint density at radius 3 is 2.63 bits per heavy atom. The lowest BCUT2D eigenvalue weighted by Gasteiger charge is -2.29. The van der Waals surface area contributed by atoms with Crippen LogP contribution in [0.2, 0.25) is 0 Å². The van der Waals surface area contributed by atoms with Crippen molar-refractivity contribution < 1.29 is 0 Å². The molecule has 0 spiro atoms. The largest absolute Gasteiger partial charge is 0.356 e. The molecule has 0 saturated carbocycles. The van der Waals surface area contributed by atoms with Gasteiger partial charge < -0.3 is 15.5 Å². The van der Waals surface area contributed by atoms with Crippen molar-refractivity contribution in [3.8, 4) is 0 Å². The smallest absolute Gasteiger partial charge is 0.191 e. The molecule has 6 heteroatoms. The van der Waals surface area contributed by atoms with E-state index in [-0.39, 0.29) is 0 Å². The summed E-state index contributed by atoms with van der Waals surface area (Å²) in [6, 6.07) is 10.4. The Morgan fingerprint density at radius 2 is 1.93 bits per heavy atom. The number of likely N-dealkylation sites (tertiary alicyclic amines) is 1. The highest BCUT2D eigenvalue weighted by atomic mass is 15.3. The molecular formula is C21H32N6. The van der Waals surface area contributed by atoms with Crippen LogP contribution >= 0.6 is 0 Å². The van der Waals surface area contributed by atoms with Gasteiger partial charge in [0.25, 0.3) is 0 Å². The minimum Gasteiger partial charge on any atom is -0.356 e. The number of hydrogen-bond donors (Lipinski definition) is 2. The van der Waals surface area contributed by atoms with E-state index < -0.39 is 0 Å². The molecule has 1 saturated heterocycles. The molecule has 0 bridgehead atoms. The van der Waals surface area contributed by atoms with Crippen LogP contribution in [-0.4, -0.2) is 54.4 Å². The van der Waals surface area contributed by atoms with Crippen molar-refractivity contribution in [2.75, 3.05) is 33.7 Å². The molecule has 1 aliphatic rings. The summed E-state index contributed by atoms with van der Waals surface area (Å²) in [4.78, 5) is 6.79. The van der Waals surface area contributed by atoms with Gasteiger partial charge >= 0.3 is 0 Å². The van der Waals surface area contributed by atoms with Gasteiger partial charge in [0.2, 0.25) is 0 Å². The van der Waals surface area contributed by atoms with E-state index in [1.165, 1.54) is 43.5 Å². The number of benzene rings is 1. The van der Waals surface area contributed by atoms with Gasteiger partial charge in [-0.15, -0.1) is 0 Å². The third kappa shape index (κ3) is 6.10. The van der Waals surface area contributed by atoms with Gasteiger partial charge in [-0.25, -0.2) is 0 Å². The second-order valence-electron chi connectivity index (χ2n) is 7.36. The van der Waals surface area contributed by atoms with Crippen molar-refractivity contribution in [1.82, 2.24) is 25.3 Å². The highest BCUT2D eigenvalue weighted by Crippen LogP contribution is 2.18. The Hall–Kier alpha value is -2.34. The Bertz CT molecular complexity index is 701. The van der Waals surface area contributed by atoms with Crippen LogP contribution in [0.4, 0.5) is 0 Å². The van der Waals surface area contributed by atoms with Crippen LogP contribution in [-0.2, 0) is 13.1 Å². The van der Waals surface area contributed by atoms with Gasteiger partial charge in [-0.05, 0) is 62.5 Å². The summed E-state index contributed by atoms with van der Waals surface area (Å²) in [5.74, 6) is 1.71. The molecule has 0 atom stereocenters. The standard InChI is InChI=1S/C21H32N6/c1-22-21(23-12-8-18-9-14-26(2)15-10-18)24-16-19-6-3-4-7-20(19)17-27-13-5-11-25-27/h3-7,11,13,18H,8-10,12,14-17H2,1-2H3,(H2,22,23,24). The molecule has 146 valence electrons. The fraction of sp³-hybridized carbons (Fsp3) is 0.524. The van der Waals surface area contributed by atoms with Crippen molar-refractivity contribution in [3.63, 3.8) is 0 Å². The number of aromatic nitrogens is 2. The van der Waals surface area contributed by atoms with Gasteiger partial charge in [0.15, 0.2) is 5.96 Å². The minimum atomic E-state index is 0.755. The molecule has 2 N–H and O–H groups in total. The molecule has 1 aromatic heterocycles. The lowest BCUT2D eigenvalue weighted by Crippen LogP contribution is -2.39. The summed E-state index contributed by atoms with van der Waals surface area (Å²) in [6.07, 6.45) is 7.64. The number of rotatable bonds is 7. The highest BCUT2D eigenvalue weighted by Gasteiger charge is 2.16. The number of piperidine rings is 1. The molecule has 2 heterocycles. The summed E-state index contributed by atoms with van der Waals surface area (Å²) in [7, 11) is 4.05. The maximum absolute atomic E-state index is 4.37. The van der Waals surface area contributed by atoms with E-state index in [2.05, 4.69) is 56.9 Å². The van der Waals surface area contributed by atoms with Gasteiger partial charge in [0, 0.05) is 32.5 Å². The van der Waals surface area contributed by atoms with Crippen molar-refractivity contribution >= 4 is 5.96 Å². The van der Waals surface area contributed by atoms with Crippen molar-refractivity contribution in [3.05, 3.63) is 53.9 Å². The first-order valence-corrected chi connectivity index (χ1v) is 9.92. The molecule has 27 heavy (non-hydrogen) atoms. The summed E-state index contributed by atoms with van der Waals surface area (Å²) < 4.78 is 1.95. The van der Waals surface area contributed by atoms with Crippen LogP contribution in [0, 0.1) is 5.92 Å². The topological polar surface area (TPSA) is 57.5 Å². The first-order valence-electron chi connectivity index (χ1n) is 9.92. The normalized spacial score (nSPS) is 16.4. The SMILES string of the molecule is CN=C(NCCC1CCN(C)CC1)NCc1ccccc1Cn1cccn1. The highest BCUT2D eigenvalue weighted by molar-refractivity contribution is 5.79. The summed E-state index contributed by atoms with van der Waals surface area (Å²) in [5, 5.41) is 11.2. The molecule has 6 nitrogen and oxygen atoms in total. The van der Waals surface area contributed by atoms with Crippen LogP contribution in [0.3, 0.4) is 0 Å². The summed E-state index contributed by atoms with van der Waals surface area (Å²) in [6.45, 7) is 4.97. The molecule has 1 aromatic carbocycles. The monoisotopic (exact) mass is 368 g/mol. The van der Waals surface area contributed by atoms with Gasteiger partial charge in [0.05, 0.1) is 6.54 Å². The van der Waals surface area contributed by atoms with E-state index in [1.54, 1.807) is 0 Å². The molecule has 0 aliphatic carbocycles. The van der Waals surface area contributed by atoms with E-state index in [0.29, 0.717) is 0 Å². The van der Waals surface area contributed by atoms with E-state index >= 15 is 0 Å². The van der Waals surface area contributed by atoms with Crippen LogP contribution in [0.15, 0.2) is 47.7 Å². The molecule has 1 aliphatic heterocycles. The number of nitrogens with zero attached hydrogens (tertiary/aromatic N) is 4. The molecule has 1 fully saturated rings. The van der Waals surface area contributed by atoms with Crippen LogP contribution in [0.25, 0.3) is 0 Å². The predicted molar refractivity (Wildman–Crippen MR) is 111 cm³/mol. The zero-order chi connectivity index (χ0) is 18.9. The zero-order valence-corrected chi connectivity index (χ0v) is 16.6. The molecule has 0 amide bonds. The van der Waals surface area contributed by atoms with Crippen molar-refractivity contribution in [2.45, 2.75) is 32.4 Å². The fourth-order valence-electron chi connectivity index (χ4n) is 3.60. The zero-order valence-electron chi connectivity index (χ0n) is 16.6. The Morgan fingerprint density at radius 1 is 1.15 bits per heavy atom. The third-order valence-corrected chi connectivity index (χ3v) is 5.36.